The molecule has 35 heavy (non-hydrogen) atoms. The van der Waals surface area contributed by atoms with Gasteiger partial charge >= 0.3 is 5.97 Å². The van der Waals surface area contributed by atoms with Crippen molar-refractivity contribution in [3.8, 4) is 5.75 Å². The average molecular weight is 561 g/mol. The van der Waals surface area contributed by atoms with E-state index >= 15 is 0 Å². The average Bonchev–Trinajstić information content (AvgIpc) is 3.44. The molecule has 4 rings (SSSR count). The molecular weight excluding hydrogens is 540 g/mol. The van der Waals surface area contributed by atoms with Crippen molar-refractivity contribution in [2.45, 2.75) is 24.1 Å². The predicted octanol–water partition coefficient (Wildman–Crippen LogP) is 4.28. The number of rotatable bonds is 8. The topological polar surface area (TPSA) is 135 Å². The number of imidazole rings is 1. The molecule has 0 fully saturated rings. The van der Waals surface area contributed by atoms with Gasteiger partial charge in [-0.1, -0.05) is 0 Å². The van der Waals surface area contributed by atoms with Crippen LogP contribution in [0.25, 0.3) is 10.9 Å². The van der Waals surface area contributed by atoms with Crippen LogP contribution in [0.3, 0.4) is 0 Å². The summed E-state index contributed by atoms with van der Waals surface area (Å²) in [5, 5.41) is 22.3. The SMILES string of the molecule is CCOC(=O)c1c(C[S+]([O-])c2ccc([N+](=O)[O-])cc2)n(C)c2cc(Br)c(O)c(Cn3ccnc3)c12. The van der Waals surface area contributed by atoms with Gasteiger partial charge in [-0.3, -0.25) is 10.1 Å². The molecule has 0 saturated heterocycles. The van der Waals surface area contributed by atoms with Gasteiger partial charge in [0.05, 0.1) is 45.6 Å². The summed E-state index contributed by atoms with van der Waals surface area (Å²) in [6.07, 6.45) is 4.95. The Morgan fingerprint density at radius 2 is 2.03 bits per heavy atom. The van der Waals surface area contributed by atoms with E-state index in [4.69, 9.17) is 4.74 Å². The largest absolute Gasteiger partial charge is 0.611 e. The van der Waals surface area contributed by atoms with E-state index in [1.807, 2.05) is 0 Å². The van der Waals surface area contributed by atoms with Gasteiger partial charge in [0.1, 0.15) is 5.75 Å². The van der Waals surface area contributed by atoms with Crippen molar-refractivity contribution in [3.05, 3.63) is 80.5 Å². The number of phenols is 1. The molecule has 12 heteroatoms. The summed E-state index contributed by atoms with van der Waals surface area (Å²) in [7, 11) is 1.75. The lowest BCUT2D eigenvalue weighted by molar-refractivity contribution is -0.384. The normalized spacial score (nSPS) is 12.1. The molecule has 2 aromatic heterocycles. The number of ether oxygens (including phenoxy) is 1. The van der Waals surface area contributed by atoms with Gasteiger partial charge in [0, 0.05) is 54.7 Å². The van der Waals surface area contributed by atoms with Crippen LogP contribution in [-0.2, 0) is 35.3 Å². The second-order valence-corrected chi connectivity index (χ2v) is 9.96. The number of phenolic OH excluding ortho intramolecular Hbond substituents is 1. The van der Waals surface area contributed by atoms with E-state index in [1.165, 1.54) is 24.3 Å². The molecule has 182 valence electrons. The fourth-order valence-corrected chi connectivity index (χ4v) is 5.56. The van der Waals surface area contributed by atoms with Gasteiger partial charge in [-0.25, -0.2) is 9.78 Å². The van der Waals surface area contributed by atoms with Crippen LogP contribution >= 0.6 is 15.9 Å². The summed E-state index contributed by atoms with van der Waals surface area (Å²) in [4.78, 5) is 28.0. The fraction of sp³-hybridized carbons (Fsp3) is 0.217. The Hall–Kier alpha value is -3.35. The quantitative estimate of drug-likeness (QED) is 0.147. The van der Waals surface area contributed by atoms with Crippen molar-refractivity contribution in [2.24, 2.45) is 7.05 Å². The van der Waals surface area contributed by atoms with Crippen LogP contribution in [0.2, 0.25) is 0 Å². The Kier molecular flexibility index (Phi) is 7.15. The van der Waals surface area contributed by atoms with Crippen LogP contribution in [0.4, 0.5) is 5.69 Å². The number of nitro groups is 1. The zero-order valence-corrected chi connectivity index (χ0v) is 21.2. The number of hydrogen-bond donors (Lipinski definition) is 1. The summed E-state index contributed by atoms with van der Waals surface area (Å²) >= 11 is 1.78. The molecule has 0 aliphatic carbocycles. The second kappa shape index (κ2) is 10.1. The maximum absolute atomic E-state index is 13.2. The number of carbonyl (C=O) groups excluding carboxylic acids is 1. The Morgan fingerprint density at radius 1 is 1.31 bits per heavy atom. The number of benzene rings is 2. The molecule has 2 heterocycles. The zero-order chi connectivity index (χ0) is 25.3. The van der Waals surface area contributed by atoms with E-state index in [-0.39, 0.29) is 35.9 Å². The molecule has 10 nitrogen and oxygen atoms in total. The van der Waals surface area contributed by atoms with Gasteiger partial charge in [-0.2, -0.15) is 0 Å². The van der Waals surface area contributed by atoms with Crippen LogP contribution in [0, 0.1) is 10.1 Å². The van der Waals surface area contributed by atoms with Gasteiger partial charge < -0.3 is 23.5 Å². The molecule has 0 spiro atoms. The van der Waals surface area contributed by atoms with Crippen molar-refractivity contribution in [3.63, 3.8) is 0 Å². The van der Waals surface area contributed by atoms with E-state index < -0.39 is 22.1 Å². The van der Waals surface area contributed by atoms with Gasteiger partial charge in [0.15, 0.2) is 10.6 Å². The summed E-state index contributed by atoms with van der Waals surface area (Å²) in [5.74, 6) is -0.659. The lowest BCUT2D eigenvalue weighted by Gasteiger charge is -2.13. The van der Waals surface area contributed by atoms with Crippen LogP contribution in [0.15, 0.2) is 58.4 Å². The predicted molar refractivity (Wildman–Crippen MR) is 133 cm³/mol. The van der Waals surface area contributed by atoms with E-state index in [2.05, 4.69) is 20.9 Å². The number of non-ortho nitro benzene ring substituents is 1. The number of hydrogen-bond acceptors (Lipinski definition) is 7. The Balaban J connectivity index is 1.87. The minimum absolute atomic E-state index is 0.0228. The molecule has 0 aliphatic heterocycles. The highest BCUT2D eigenvalue weighted by Crippen LogP contribution is 2.40. The summed E-state index contributed by atoms with van der Waals surface area (Å²) < 4.78 is 22.5. The number of aromatic nitrogens is 3. The molecule has 1 N–H and O–H groups in total. The van der Waals surface area contributed by atoms with Crippen molar-refractivity contribution in [2.75, 3.05) is 6.61 Å². The van der Waals surface area contributed by atoms with Gasteiger partial charge in [-0.15, -0.1) is 0 Å². The third-order valence-electron chi connectivity index (χ3n) is 5.60. The number of carbonyl (C=O) groups is 1. The maximum atomic E-state index is 13.2. The molecule has 0 bridgehead atoms. The number of esters is 1. The molecule has 2 aromatic carbocycles. The molecule has 0 aliphatic rings. The first-order chi connectivity index (χ1) is 16.7. The minimum Gasteiger partial charge on any atom is -0.611 e. The van der Waals surface area contributed by atoms with Gasteiger partial charge in [0.2, 0.25) is 0 Å². The van der Waals surface area contributed by atoms with Gasteiger partial charge in [0.25, 0.3) is 5.69 Å². The Bertz CT molecular complexity index is 1400. The van der Waals surface area contributed by atoms with Crippen LogP contribution in [0.5, 0.6) is 5.75 Å². The molecule has 0 radical (unpaired) electrons. The molecule has 0 saturated carbocycles. The zero-order valence-electron chi connectivity index (χ0n) is 18.8. The van der Waals surface area contributed by atoms with Crippen molar-refractivity contribution in [1.82, 2.24) is 14.1 Å². The molecule has 4 aromatic rings. The van der Waals surface area contributed by atoms with Crippen LogP contribution in [0.1, 0.15) is 28.5 Å². The van der Waals surface area contributed by atoms with Gasteiger partial charge in [-0.05, 0) is 40.1 Å². The number of aryl methyl sites for hydroxylation is 1. The number of halogens is 1. The van der Waals surface area contributed by atoms with E-state index in [0.717, 1.165) is 0 Å². The first kappa shape index (κ1) is 24.8. The molecule has 1 unspecified atom stereocenters. The first-order valence-corrected chi connectivity index (χ1v) is 12.6. The second-order valence-electron chi connectivity index (χ2n) is 7.66. The molecule has 1 atom stereocenters. The molecule has 0 amide bonds. The summed E-state index contributed by atoms with van der Waals surface area (Å²) in [6, 6.07) is 7.16. The highest BCUT2D eigenvalue weighted by atomic mass is 79.9. The summed E-state index contributed by atoms with van der Waals surface area (Å²) in [5.41, 5.74) is 1.70. The monoisotopic (exact) mass is 560 g/mol. The molecular formula is C23H21BrN4O6S. The standard InChI is InChI=1S/C23H21BrN4O6S/c1-3-34-23(30)21-19(12-35(33)15-6-4-14(5-7-15)28(31)32)26(2)18-10-17(24)22(29)16(20(18)21)11-27-9-8-25-13-27/h4-10,13,29H,3,11-12H2,1-2H3. The van der Waals surface area contributed by atoms with Crippen molar-refractivity contribution < 1.29 is 24.1 Å². The van der Waals surface area contributed by atoms with Crippen molar-refractivity contribution >= 4 is 49.7 Å². The fourth-order valence-electron chi connectivity index (χ4n) is 3.91. The third kappa shape index (κ3) is 4.77. The lowest BCUT2D eigenvalue weighted by atomic mass is 10.0. The number of nitro benzene ring substituents is 1. The number of fused-ring (bicyclic) bond motifs is 1. The lowest BCUT2D eigenvalue weighted by Crippen LogP contribution is -2.14. The van der Waals surface area contributed by atoms with E-state index in [0.29, 0.717) is 31.5 Å². The number of aromatic hydroxyl groups is 1. The first-order valence-electron chi connectivity index (χ1n) is 10.5. The number of nitrogens with zero attached hydrogens (tertiary/aromatic N) is 4. The van der Waals surface area contributed by atoms with Crippen LogP contribution < -0.4 is 0 Å². The van der Waals surface area contributed by atoms with Crippen LogP contribution in [-0.4, -0.2) is 41.3 Å². The maximum Gasteiger partial charge on any atom is 0.340 e. The highest BCUT2D eigenvalue weighted by molar-refractivity contribution is 9.10. The minimum atomic E-state index is -1.61. The third-order valence-corrected chi connectivity index (χ3v) is 7.53. The van der Waals surface area contributed by atoms with E-state index in [1.54, 1.807) is 47.9 Å². The Labute approximate surface area is 211 Å². The Morgan fingerprint density at radius 3 is 2.63 bits per heavy atom. The van der Waals surface area contributed by atoms with E-state index in [9.17, 15) is 24.6 Å². The smallest absolute Gasteiger partial charge is 0.340 e. The van der Waals surface area contributed by atoms with Crippen molar-refractivity contribution in [1.29, 1.82) is 0 Å². The summed E-state index contributed by atoms with van der Waals surface area (Å²) in [6.45, 7) is 2.07. The highest BCUT2D eigenvalue weighted by Gasteiger charge is 2.30.